The third kappa shape index (κ3) is 3.83. The molecule has 0 aromatic heterocycles. The van der Waals surface area contributed by atoms with E-state index >= 15 is 0 Å². The lowest BCUT2D eigenvalue weighted by atomic mass is 10.2. The van der Waals surface area contributed by atoms with Gasteiger partial charge in [-0.3, -0.25) is 5.43 Å². The van der Waals surface area contributed by atoms with E-state index in [0.29, 0.717) is 0 Å². The number of piperidine rings is 1. The third-order valence-corrected chi connectivity index (χ3v) is 2.81. The van der Waals surface area contributed by atoms with Crippen LogP contribution < -0.4 is 10.2 Å². The largest absolute Gasteiger partial charge is 0.492 e. The average molecular weight is 220 g/mol. The van der Waals surface area contributed by atoms with Crippen molar-refractivity contribution in [3.63, 3.8) is 0 Å². The SMILES string of the molecule is c1ccc(OCCNN2CCCCC2)cc1. The number of rotatable bonds is 5. The van der Waals surface area contributed by atoms with Gasteiger partial charge in [0, 0.05) is 19.6 Å². The molecule has 1 aromatic carbocycles. The summed E-state index contributed by atoms with van der Waals surface area (Å²) in [6, 6.07) is 9.96. The first-order valence-corrected chi connectivity index (χ1v) is 6.11. The smallest absolute Gasteiger partial charge is 0.119 e. The minimum absolute atomic E-state index is 0.723. The molecule has 0 aliphatic carbocycles. The van der Waals surface area contributed by atoms with Crippen molar-refractivity contribution in [3.8, 4) is 5.75 Å². The lowest BCUT2D eigenvalue weighted by molar-refractivity contribution is 0.141. The highest BCUT2D eigenvalue weighted by atomic mass is 16.5. The summed E-state index contributed by atoms with van der Waals surface area (Å²) >= 11 is 0. The lowest BCUT2D eigenvalue weighted by Gasteiger charge is -2.27. The Morgan fingerprint density at radius 3 is 2.56 bits per heavy atom. The standard InChI is InChI=1S/C13H20N2O/c1-3-7-13(8-4-1)16-12-9-14-15-10-5-2-6-11-15/h1,3-4,7-8,14H,2,5-6,9-12H2. The molecule has 3 heteroatoms. The van der Waals surface area contributed by atoms with Gasteiger partial charge in [0.05, 0.1) is 0 Å². The molecule has 1 saturated heterocycles. The molecule has 1 heterocycles. The third-order valence-electron chi connectivity index (χ3n) is 2.81. The number of hydrogen-bond donors (Lipinski definition) is 1. The minimum Gasteiger partial charge on any atom is -0.492 e. The second kappa shape index (κ2) is 6.51. The van der Waals surface area contributed by atoms with Gasteiger partial charge in [0.2, 0.25) is 0 Å². The van der Waals surface area contributed by atoms with Crippen LogP contribution in [0, 0.1) is 0 Å². The van der Waals surface area contributed by atoms with E-state index in [4.69, 9.17) is 4.74 Å². The van der Waals surface area contributed by atoms with Gasteiger partial charge in [-0.2, -0.15) is 0 Å². The molecule has 88 valence electrons. The van der Waals surface area contributed by atoms with Gasteiger partial charge in [0.15, 0.2) is 0 Å². The Labute approximate surface area is 97.4 Å². The topological polar surface area (TPSA) is 24.5 Å². The molecule has 0 radical (unpaired) electrons. The van der Waals surface area contributed by atoms with Gasteiger partial charge in [-0.15, -0.1) is 0 Å². The molecule has 1 aliphatic rings. The molecule has 1 aromatic rings. The van der Waals surface area contributed by atoms with Gasteiger partial charge in [-0.05, 0) is 25.0 Å². The van der Waals surface area contributed by atoms with Crippen molar-refractivity contribution in [2.24, 2.45) is 0 Å². The second-order valence-electron chi connectivity index (χ2n) is 4.12. The number of para-hydroxylation sites is 1. The summed E-state index contributed by atoms with van der Waals surface area (Å²) in [5, 5.41) is 2.30. The minimum atomic E-state index is 0.723. The summed E-state index contributed by atoms with van der Waals surface area (Å²) in [4.78, 5) is 0. The Morgan fingerprint density at radius 2 is 1.81 bits per heavy atom. The van der Waals surface area contributed by atoms with E-state index in [1.165, 1.54) is 32.4 Å². The predicted octanol–water partition coefficient (Wildman–Crippen LogP) is 2.06. The van der Waals surface area contributed by atoms with Gasteiger partial charge >= 0.3 is 0 Å². The molecule has 2 rings (SSSR count). The van der Waals surface area contributed by atoms with E-state index in [0.717, 1.165) is 18.9 Å². The Balaban J connectivity index is 1.58. The number of ether oxygens (including phenoxy) is 1. The molecule has 1 N–H and O–H groups in total. The monoisotopic (exact) mass is 220 g/mol. The van der Waals surface area contributed by atoms with Crippen LogP contribution in [-0.4, -0.2) is 31.3 Å². The highest BCUT2D eigenvalue weighted by molar-refractivity contribution is 5.20. The van der Waals surface area contributed by atoms with Crippen molar-refractivity contribution in [2.75, 3.05) is 26.2 Å². The number of hydrogen-bond acceptors (Lipinski definition) is 3. The number of nitrogens with zero attached hydrogens (tertiary/aromatic N) is 1. The zero-order chi connectivity index (χ0) is 11.1. The number of benzene rings is 1. The van der Waals surface area contributed by atoms with Gasteiger partial charge in [-0.1, -0.05) is 24.6 Å². The molecular formula is C13H20N2O. The zero-order valence-electron chi connectivity index (χ0n) is 9.69. The van der Waals surface area contributed by atoms with Crippen molar-refractivity contribution in [1.29, 1.82) is 0 Å². The van der Waals surface area contributed by atoms with Crippen molar-refractivity contribution in [1.82, 2.24) is 10.4 Å². The van der Waals surface area contributed by atoms with Crippen LogP contribution in [0.3, 0.4) is 0 Å². The summed E-state index contributed by atoms with van der Waals surface area (Å²) in [5.41, 5.74) is 3.40. The molecule has 1 fully saturated rings. The summed E-state index contributed by atoms with van der Waals surface area (Å²) < 4.78 is 5.61. The Kier molecular flexibility index (Phi) is 4.65. The molecular weight excluding hydrogens is 200 g/mol. The number of nitrogens with one attached hydrogen (secondary N) is 1. The van der Waals surface area contributed by atoms with Gasteiger partial charge in [0.1, 0.15) is 12.4 Å². The number of hydrazine groups is 1. The van der Waals surface area contributed by atoms with Crippen LogP contribution >= 0.6 is 0 Å². The molecule has 0 saturated carbocycles. The summed E-state index contributed by atoms with van der Waals surface area (Å²) in [7, 11) is 0. The maximum absolute atomic E-state index is 5.61. The van der Waals surface area contributed by atoms with Gasteiger partial charge < -0.3 is 4.74 Å². The maximum Gasteiger partial charge on any atom is 0.119 e. The van der Waals surface area contributed by atoms with Crippen molar-refractivity contribution in [3.05, 3.63) is 30.3 Å². The molecule has 16 heavy (non-hydrogen) atoms. The normalized spacial score (nSPS) is 17.2. The Bertz CT molecular complexity index is 283. The van der Waals surface area contributed by atoms with E-state index in [1.807, 2.05) is 30.3 Å². The summed E-state index contributed by atoms with van der Waals surface area (Å²) in [5.74, 6) is 0.947. The molecule has 0 amide bonds. The molecule has 0 spiro atoms. The van der Waals surface area contributed by atoms with E-state index in [1.54, 1.807) is 0 Å². The second-order valence-corrected chi connectivity index (χ2v) is 4.12. The van der Waals surface area contributed by atoms with Crippen molar-refractivity contribution < 1.29 is 4.74 Å². The van der Waals surface area contributed by atoms with Crippen molar-refractivity contribution in [2.45, 2.75) is 19.3 Å². The van der Waals surface area contributed by atoms with Crippen molar-refractivity contribution >= 4 is 0 Å². The fourth-order valence-electron chi connectivity index (χ4n) is 1.94. The van der Waals surface area contributed by atoms with E-state index in [9.17, 15) is 0 Å². The van der Waals surface area contributed by atoms with Crippen LogP contribution in [0.5, 0.6) is 5.75 Å². The van der Waals surface area contributed by atoms with Crippen LogP contribution in [0.15, 0.2) is 30.3 Å². The van der Waals surface area contributed by atoms with Crippen LogP contribution in [0.4, 0.5) is 0 Å². The van der Waals surface area contributed by atoms with Crippen LogP contribution in [0.2, 0.25) is 0 Å². The quantitative estimate of drug-likeness (QED) is 0.769. The first-order valence-electron chi connectivity index (χ1n) is 6.11. The zero-order valence-corrected chi connectivity index (χ0v) is 9.69. The van der Waals surface area contributed by atoms with Gasteiger partial charge in [0.25, 0.3) is 0 Å². The molecule has 0 unspecified atom stereocenters. The van der Waals surface area contributed by atoms with E-state index in [-0.39, 0.29) is 0 Å². The highest BCUT2D eigenvalue weighted by Gasteiger charge is 2.08. The van der Waals surface area contributed by atoms with Crippen LogP contribution in [-0.2, 0) is 0 Å². The average Bonchev–Trinajstić information content (AvgIpc) is 2.37. The predicted molar refractivity (Wildman–Crippen MR) is 65.4 cm³/mol. The molecule has 1 aliphatic heterocycles. The van der Waals surface area contributed by atoms with Gasteiger partial charge in [-0.25, -0.2) is 5.01 Å². The molecule has 0 atom stereocenters. The van der Waals surface area contributed by atoms with Crippen LogP contribution in [0.25, 0.3) is 0 Å². The van der Waals surface area contributed by atoms with Crippen LogP contribution in [0.1, 0.15) is 19.3 Å². The summed E-state index contributed by atoms with van der Waals surface area (Å²) in [6.07, 6.45) is 4.00. The van der Waals surface area contributed by atoms with E-state index < -0.39 is 0 Å². The fraction of sp³-hybridized carbons (Fsp3) is 0.538. The summed E-state index contributed by atoms with van der Waals surface area (Å²) in [6.45, 7) is 3.95. The lowest BCUT2D eigenvalue weighted by Crippen LogP contribution is -2.43. The first-order chi connectivity index (χ1) is 7.95. The highest BCUT2D eigenvalue weighted by Crippen LogP contribution is 2.08. The first kappa shape index (κ1) is 11.4. The maximum atomic E-state index is 5.61. The van der Waals surface area contributed by atoms with E-state index in [2.05, 4.69) is 10.4 Å². The Hall–Kier alpha value is -1.06. The fourth-order valence-corrected chi connectivity index (χ4v) is 1.94. The Morgan fingerprint density at radius 1 is 1.06 bits per heavy atom. The molecule has 0 bridgehead atoms. The molecule has 3 nitrogen and oxygen atoms in total.